The van der Waals surface area contributed by atoms with Gasteiger partial charge < -0.3 is 15.9 Å². The largest absolute Gasteiger partial charge is 0.385 e. The molecule has 0 saturated carbocycles. The molecule has 2 atom stereocenters. The number of aliphatic hydroxyl groups excluding tert-OH is 2. The quantitative estimate of drug-likeness (QED) is 0.668. The Morgan fingerprint density at radius 2 is 2.19 bits per heavy atom. The van der Waals surface area contributed by atoms with Gasteiger partial charge in [-0.2, -0.15) is 5.26 Å². The number of rotatable bonds is 2. The van der Waals surface area contributed by atoms with Crippen molar-refractivity contribution in [1.82, 2.24) is 4.98 Å². The fourth-order valence-electron chi connectivity index (χ4n) is 1.40. The van der Waals surface area contributed by atoms with Crippen LogP contribution in [0.15, 0.2) is 18.2 Å². The second-order valence-electron chi connectivity index (χ2n) is 3.30. The summed E-state index contributed by atoms with van der Waals surface area (Å²) in [7, 11) is 0. The van der Waals surface area contributed by atoms with Gasteiger partial charge in [0.25, 0.3) is 0 Å². The number of hydrogen-bond acceptors (Lipinski definition) is 6. The first-order chi connectivity index (χ1) is 7.61. The van der Waals surface area contributed by atoms with Crippen molar-refractivity contribution >= 4 is 26.7 Å². The molecule has 2 rings (SSSR count). The lowest BCUT2D eigenvalue weighted by molar-refractivity contribution is 0.0529. The van der Waals surface area contributed by atoms with E-state index in [-0.39, 0.29) is 0 Å². The molecule has 0 bridgehead atoms. The minimum absolute atomic E-state index is 0.447. The molecule has 1 aromatic carbocycles. The highest BCUT2D eigenvalue weighted by Gasteiger charge is 2.18. The summed E-state index contributed by atoms with van der Waals surface area (Å²) in [6, 6.07) is 6.58. The van der Waals surface area contributed by atoms with Crippen LogP contribution in [0.4, 0.5) is 5.13 Å². The maximum Gasteiger partial charge on any atom is 0.181 e. The molecule has 5 nitrogen and oxygen atoms in total. The van der Waals surface area contributed by atoms with E-state index in [4.69, 9.17) is 11.0 Å². The lowest BCUT2D eigenvalue weighted by atomic mass is 10.1. The number of nitrogens with two attached hydrogens (primary N) is 1. The fraction of sp³-hybridized carbons (Fsp3) is 0.200. The van der Waals surface area contributed by atoms with E-state index in [2.05, 4.69) is 4.98 Å². The van der Waals surface area contributed by atoms with Crippen LogP contribution in [0.5, 0.6) is 0 Å². The monoisotopic (exact) mass is 235 g/mol. The molecule has 2 aromatic rings. The van der Waals surface area contributed by atoms with Gasteiger partial charge in [-0.25, -0.2) is 4.98 Å². The minimum Gasteiger partial charge on any atom is -0.385 e. The van der Waals surface area contributed by atoms with Crippen LogP contribution in [0.3, 0.4) is 0 Å². The van der Waals surface area contributed by atoms with Gasteiger partial charge in [0.15, 0.2) is 11.2 Å². The third kappa shape index (κ3) is 1.84. The molecule has 16 heavy (non-hydrogen) atoms. The summed E-state index contributed by atoms with van der Waals surface area (Å²) in [6.45, 7) is 0. The first-order valence-electron chi connectivity index (χ1n) is 4.53. The highest BCUT2D eigenvalue weighted by molar-refractivity contribution is 7.22. The summed E-state index contributed by atoms with van der Waals surface area (Å²) >= 11 is 1.29. The second-order valence-corrected chi connectivity index (χ2v) is 4.36. The molecule has 0 saturated heterocycles. The maximum absolute atomic E-state index is 9.64. The van der Waals surface area contributed by atoms with Gasteiger partial charge in [-0.1, -0.05) is 17.4 Å². The van der Waals surface area contributed by atoms with E-state index in [9.17, 15) is 10.2 Å². The van der Waals surface area contributed by atoms with Gasteiger partial charge in [0.05, 0.1) is 16.3 Å². The Bertz CT molecular complexity index is 561. The SMILES string of the molecule is N#CC(O)C(O)c1ccc2nc(N)sc2c1. The van der Waals surface area contributed by atoms with Gasteiger partial charge in [0.1, 0.15) is 6.10 Å². The smallest absolute Gasteiger partial charge is 0.181 e. The molecule has 82 valence electrons. The molecule has 4 N–H and O–H groups in total. The number of aromatic nitrogens is 1. The highest BCUT2D eigenvalue weighted by Crippen LogP contribution is 2.27. The van der Waals surface area contributed by atoms with Crippen LogP contribution >= 0.6 is 11.3 Å². The van der Waals surface area contributed by atoms with Crippen LogP contribution in [0.1, 0.15) is 11.7 Å². The summed E-state index contributed by atoms with van der Waals surface area (Å²) in [5, 5.41) is 27.8. The Morgan fingerprint density at radius 3 is 2.88 bits per heavy atom. The van der Waals surface area contributed by atoms with Crippen LogP contribution in [0, 0.1) is 11.3 Å². The van der Waals surface area contributed by atoms with E-state index in [1.54, 1.807) is 24.3 Å². The molecule has 0 aliphatic rings. The van der Waals surface area contributed by atoms with Crippen molar-refractivity contribution in [3.05, 3.63) is 23.8 Å². The topological polar surface area (TPSA) is 103 Å². The predicted octanol–water partition coefficient (Wildman–Crippen LogP) is 0.796. The lowest BCUT2D eigenvalue weighted by Gasteiger charge is -2.11. The van der Waals surface area contributed by atoms with E-state index in [1.165, 1.54) is 11.3 Å². The van der Waals surface area contributed by atoms with Gasteiger partial charge in [-0.3, -0.25) is 0 Å². The average molecular weight is 235 g/mol. The minimum atomic E-state index is -1.43. The number of thiazole rings is 1. The fourth-order valence-corrected chi connectivity index (χ4v) is 2.18. The lowest BCUT2D eigenvalue weighted by Crippen LogP contribution is -2.15. The summed E-state index contributed by atoms with van der Waals surface area (Å²) in [5.41, 5.74) is 6.76. The van der Waals surface area contributed by atoms with Gasteiger partial charge in [-0.05, 0) is 17.7 Å². The molecule has 0 amide bonds. The molecule has 0 radical (unpaired) electrons. The van der Waals surface area contributed by atoms with Gasteiger partial charge in [-0.15, -0.1) is 0 Å². The zero-order valence-electron chi connectivity index (χ0n) is 8.16. The van der Waals surface area contributed by atoms with Gasteiger partial charge >= 0.3 is 0 Å². The number of nitriles is 1. The van der Waals surface area contributed by atoms with Crippen LogP contribution in [-0.4, -0.2) is 21.3 Å². The second kappa shape index (κ2) is 4.06. The molecule has 0 fully saturated rings. The molecule has 6 heteroatoms. The number of nitrogen functional groups attached to an aromatic ring is 1. The van der Waals surface area contributed by atoms with Crippen molar-refractivity contribution in [3.63, 3.8) is 0 Å². The molecule has 0 aliphatic heterocycles. The van der Waals surface area contributed by atoms with Crippen molar-refractivity contribution in [3.8, 4) is 6.07 Å². The Morgan fingerprint density at radius 1 is 1.44 bits per heavy atom. The van der Waals surface area contributed by atoms with Crippen LogP contribution < -0.4 is 5.73 Å². The van der Waals surface area contributed by atoms with E-state index >= 15 is 0 Å². The Kier molecular flexibility index (Phi) is 2.75. The summed E-state index contributed by atoms with van der Waals surface area (Å²) < 4.78 is 0.819. The van der Waals surface area contributed by atoms with Crippen LogP contribution in [0.25, 0.3) is 10.2 Å². The van der Waals surface area contributed by atoms with Gasteiger partial charge in [0, 0.05) is 0 Å². The summed E-state index contributed by atoms with van der Waals surface area (Å²) in [5.74, 6) is 0. The Balaban J connectivity index is 2.43. The number of benzene rings is 1. The summed E-state index contributed by atoms with van der Waals surface area (Å²) in [4.78, 5) is 4.07. The molecular weight excluding hydrogens is 226 g/mol. The van der Waals surface area contributed by atoms with Crippen molar-refractivity contribution in [2.75, 3.05) is 5.73 Å². The van der Waals surface area contributed by atoms with Crippen LogP contribution in [-0.2, 0) is 0 Å². The molecular formula is C10H9N3O2S. The molecule has 0 spiro atoms. The van der Waals surface area contributed by atoms with Crippen molar-refractivity contribution < 1.29 is 10.2 Å². The third-order valence-corrected chi connectivity index (χ3v) is 3.05. The first-order valence-corrected chi connectivity index (χ1v) is 5.35. The van der Waals surface area contributed by atoms with E-state index in [0.29, 0.717) is 10.7 Å². The molecule has 2 unspecified atom stereocenters. The third-order valence-electron chi connectivity index (χ3n) is 2.20. The molecule has 0 aliphatic carbocycles. The Labute approximate surface area is 95.4 Å². The maximum atomic E-state index is 9.64. The van der Waals surface area contributed by atoms with E-state index in [0.717, 1.165) is 10.2 Å². The first kappa shape index (κ1) is 10.8. The highest BCUT2D eigenvalue weighted by atomic mass is 32.1. The number of anilines is 1. The normalized spacial score (nSPS) is 14.6. The van der Waals surface area contributed by atoms with Crippen molar-refractivity contribution in [1.29, 1.82) is 5.26 Å². The number of hydrogen-bond donors (Lipinski definition) is 3. The average Bonchev–Trinajstić information content (AvgIpc) is 2.65. The van der Waals surface area contributed by atoms with Gasteiger partial charge in [0.2, 0.25) is 0 Å². The number of nitrogens with zero attached hydrogens (tertiary/aromatic N) is 2. The standard InChI is InChI=1S/C10H9N3O2S/c11-4-7(14)9(15)5-1-2-6-8(3-5)16-10(12)13-6/h1-3,7,9,14-15H,(H2,12,13). The van der Waals surface area contributed by atoms with Crippen LogP contribution in [0.2, 0.25) is 0 Å². The Hall–Kier alpha value is -1.68. The number of fused-ring (bicyclic) bond motifs is 1. The van der Waals surface area contributed by atoms with Crippen molar-refractivity contribution in [2.45, 2.75) is 12.2 Å². The summed E-state index contributed by atoms with van der Waals surface area (Å²) in [6.07, 6.45) is -2.64. The zero-order valence-corrected chi connectivity index (χ0v) is 8.98. The zero-order chi connectivity index (χ0) is 11.7. The van der Waals surface area contributed by atoms with E-state index in [1.807, 2.05) is 0 Å². The van der Waals surface area contributed by atoms with Crippen molar-refractivity contribution in [2.24, 2.45) is 0 Å². The molecule has 1 heterocycles. The molecule has 1 aromatic heterocycles. The predicted molar refractivity (Wildman–Crippen MR) is 60.6 cm³/mol. The number of aliphatic hydroxyl groups is 2. The van der Waals surface area contributed by atoms with E-state index < -0.39 is 12.2 Å².